The number of aliphatic imine (C=N–C) groups is 1. The summed E-state index contributed by atoms with van der Waals surface area (Å²) in [6, 6.07) is 11.9. The molecule has 0 atom stereocenters. The molecule has 0 radical (unpaired) electrons. The van der Waals surface area contributed by atoms with E-state index in [1.54, 1.807) is 0 Å². The second-order valence-corrected chi connectivity index (χ2v) is 4.41. The lowest BCUT2D eigenvalue weighted by Gasteiger charge is -2.00. The van der Waals surface area contributed by atoms with Crippen molar-refractivity contribution in [2.24, 2.45) is 4.99 Å². The molecule has 4 nitrogen and oxygen atoms in total. The van der Waals surface area contributed by atoms with Crippen molar-refractivity contribution in [1.29, 1.82) is 0 Å². The van der Waals surface area contributed by atoms with Crippen molar-refractivity contribution in [2.75, 3.05) is 0 Å². The van der Waals surface area contributed by atoms with Crippen LogP contribution in [0.2, 0.25) is 5.02 Å². The fraction of sp³-hybridized carbons (Fsp3) is 0.0714. The van der Waals surface area contributed by atoms with E-state index in [4.69, 9.17) is 11.6 Å². The third kappa shape index (κ3) is 3.17. The predicted octanol–water partition coefficient (Wildman–Crippen LogP) is 4.31. The molecule has 0 fully saturated rings. The number of non-ortho nitro benzene ring substituents is 1. The normalized spacial score (nSPS) is 10.8. The number of halogens is 1. The van der Waals surface area contributed by atoms with Gasteiger partial charge in [-0.15, -0.1) is 0 Å². The number of nitro groups is 1. The van der Waals surface area contributed by atoms with Gasteiger partial charge in [0.25, 0.3) is 5.69 Å². The summed E-state index contributed by atoms with van der Waals surface area (Å²) in [6.45, 7) is 1.95. The van der Waals surface area contributed by atoms with Gasteiger partial charge in [-0.3, -0.25) is 15.1 Å². The molecular weight excluding hydrogens is 264 g/mol. The van der Waals surface area contributed by atoms with Crippen LogP contribution in [0.15, 0.2) is 47.5 Å². The molecule has 0 saturated heterocycles. The highest BCUT2D eigenvalue weighted by Crippen LogP contribution is 2.22. The van der Waals surface area contributed by atoms with Crippen LogP contribution >= 0.6 is 11.6 Å². The minimum absolute atomic E-state index is 0.00404. The van der Waals surface area contributed by atoms with E-state index < -0.39 is 4.92 Å². The molecule has 0 heterocycles. The van der Waals surface area contributed by atoms with Gasteiger partial charge in [0.05, 0.1) is 10.6 Å². The number of hydrogen-bond acceptors (Lipinski definition) is 3. The second-order valence-electron chi connectivity index (χ2n) is 4.01. The fourth-order valence-corrected chi connectivity index (χ4v) is 1.76. The maximum Gasteiger partial charge on any atom is 0.270 e. The minimum Gasteiger partial charge on any atom is -0.258 e. The van der Waals surface area contributed by atoms with Crippen molar-refractivity contribution in [3.8, 4) is 0 Å². The average molecular weight is 275 g/mol. The van der Waals surface area contributed by atoms with Gasteiger partial charge in [-0.2, -0.15) is 0 Å². The lowest BCUT2D eigenvalue weighted by molar-refractivity contribution is -0.384. The molecule has 2 aromatic carbocycles. The predicted molar refractivity (Wildman–Crippen MR) is 76.5 cm³/mol. The first-order valence-corrected chi connectivity index (χ1v) is 5.99. The zero-order valence-corrected chi connectivity index (χ0v) is 11.0. The summed E-state index contributed by atoms with van der Waals surface area (Å²) in [7, 11) is 0. The van der Waals surface area contributed by atoms with E-state index >= 15 is 0 Å². The summed E-state index contributed by atoms with van der Waals surface area (Å²) in [5.41, 5.74) is 2.36. The minimum atomic E-state index is -0.457. The molecule has 2 rings (SSSR count). The molecule has 0 aliphatic rings. The smallest absolute Gasteiger partial charge is 0.258 e. The molecule has 0 saturated carbocycles. The molecule has 0 N–H and O–H groups in total. The van der Waals surface area contributed by atoms with Gasteiger partial charge in [-0.25, -0.2) is 0 Å². The highest BCUT2D eigenvalue weighted by atomic mass is 35.5. The standard InChI is InChI=1S/C14H11ClN2O2/c1-10-4-2-3-5-14(10)16-9-11-8-12(17(18)19)6-7-13(11)15/h2-9H,1H3. The fourth-order valence-electron chi connectivity index (χ4n) is 1.59. The number of nitrogens with zero attached hydrogens (tertiary/aromatic N) is 2. The molecular formula is C14H11ClN2O2. The van der Waals surface area contributed by atoms with Gasteiger partial charge in [-0.05, 0) is 24.6 Å². The van der Waals surface area contributed by atoms with Crippen LogP contribution in [0.3, 0.4) is 0 Å². The summed E-state index contributed by atoms with van der Waals surface area (Å²) in [5, 5.41) is 11.1. The Morgan fingerprint density at radius 2 is 2.00 bits per heavy atom. The Hall–Kier alpha value is -2.20. The molecule has 5 heteroatoms. The van der Waals surface area contributed by atoms with Crippen molar-refractivity contribution in [1.82, 2.24) is 0 Å². The van der Waals surface area contributed by atoms with Crippen LogP contribution in [0.4, 0.5) is 11.4 Å². The number of aryl methyl sites for hydroxylation is 1. The number of benzene rings is 2. The van der Waals surface area contributed by atoms with Crippen LogP contribution in [0.5, 0.6) is 0 Å². The molecule has 2 aromatic rings. The van der Waals surface area contributed by atoms with E-state index in [1.807, 2.05) is 31.2 Å². The summed E-state index contributed by atoms with van der Waals surface area (Å²) in [4.78, 5) is 14.6. The lowest BCUT2D eigenvalue weighted by Crippen LogP contribution is -1.91. The summed E-state index contributed by atoms with van der Waals surface area (Å²) < 4.78 is 0. The Morgan fingerprint density at radius 1 is 1.26 bits per heavy atom. The first-order valence-electron chi connectivity index (χ1n) is 5.61. The van der Waals surface area contributed by atoms with Crippen LogP contribution in [0, 0.1) is 17.0 Å². The molecule has 96 valence electrons. The first-order chi connectivity index (χ1) is 9.08. The zero-order chi connectivity index (χ0) is 13.8. The van der Waals surface area contributed by atoms with E-state index in [1.165, 1.54) is 24.4 Å². The van der Waals surface area contributed by atoms with Gasteiger partial charge in [0.15, 0.2) is 0 Å². The van der Waals surface area contributed by atoms with E-state index in [0.29, 0.717) is 10.6 Å². The first kappa shape index (κ1) is 13.2. The van der Waals surface area contributed by atoms with E-state index in [0.717, 1.165) is 11.3 Å². The summed E-state index contributed by atoms with van der Waals surface area (Å²) in [5.74, 6) is 0. The Bertz CT molecular complexity index is 654. The highest BCUT2D eigenvalue weighted by Gasteiger charge is 2.08. The monoisotopic (exact) mass is 274 g/mol. The van der Waals surface area contributed by atoms with Crippen molar-refractivity contribution < 1.29 is 4.92 Å². The average Bonchev–Trinajstić information content (AvgIpc) is 2.39. The second kappa shape index (κ2) is 5.63. The van der Waals surface area contributed by atoms with Crippen molar-refractivity contribution in [3.63, 3.8) is 0 Å². The number of rotatable bonds is 3. The highest BCUT2D eigenvalue weighted by molar-refractivity contribution is 6.33. The molecule has 0 amide bonds. The van der Waals surface area contributed by atoms with E-state index in [9.17, 15) is 10.1 Å². The SMILES string of the molecule is Cc1ccccc1N=Cc1cc([N+](=O)[O-])ccc1Cl. The molecule has 0 spiro atoms. The third-order valence-corrected chi connectivity index (χ3v) is 2.99. The summed E-state index contributed by atoms with van der Waals surface area (Å²) >= 11 is 5.99. The maximum atomic E-state index is 10.7. The number of nitro benzene ring substituents is 1. The van der Waals surface area contributed by atoms with Crippen molar-refractivity contribution >= 4 is 29.2 Å². The third-order valence-electron chi connectivity index (χ3n) is 2.65. The van der Waals surface area contributed by atoms with Gasteiger partial charge < -0.3 is 0 Å². The molecule has 0 aliphatic heterocycles. The van der Waals surface area contributed by atoms with Crippen LogP contribution in [0.1, 0.15) is 11.1 Å². The van der Waals surface area contributed by atoms with Crippen LogP contribution in [-0.2, 0) is 0 Å². The van der Waals surface area contributed by atoms with Gasteiger partial charge in [0.2, 0.25) is 0 Å². The molecule has 0 aromatic heterocycles. The van der Waals surface area contributed by atoms with Crippen LogP contribution < -0.4 is 0 Å². The maximum absolute atomic E-state index is 10.7. The topological polar surface area (TPSA) is 55.5 Å². The largest absolute Gasteiger partial charge is 0.270 e. The van der Waals surface area contributed by atoms with E-state index in [2.05, 4.69) is 4.99 Å². The van der Waals surface area contributed by atoms with Crippen LogP contribution in [0.25, 0.3) is 0 Å². The zero-order valence-electron chi connectivity index (χ0n) is 10.2. The van der Waals surface area contributed by atoms with Gasteiger partial charge in [0.1, 0.15) is 0 Å². The Morgan fingerprint density at radius 3 is 2.68 bits per heavy atom. The Labute approximate surface area is 115 Å². The molecule has 0 bridgehead atoms. The summed E-state index contributed by atoms with van der Waals surface area (Å²) in [6.07, 6.45) is 1.54. The number of para-hydroxylation sites is 1. The number of hydrogen-bond donors (Lipinski definition) is 0. The van der Waals surface area contributed by atoms with Gasteiger partial charge >= 0.3 is 0 Å². The van der Waals surface area contributed by atoms with Gasteiger partial charge in [0, 0.05) is 28.9 Å². The lowest BCUT2D eigenvalue weighted by atomic mass is 10.2. The molecule has 19 heavy (non-hydrogen) atoms. The van der Waals surface area contributed by atoms with Crippen molar-refractivity contribution in [3.05, 3.63) is 68.7 Å². The van der Waals surface area contributed by atoms with Gasteiger partial charge in [-0.1, -0.05) is 29.8 Å². The molecule has 0 unspecified atom stereocenters. The van der Waals surface area contributed by atoms with E-state index in [-0.39, 0.29) is 5.69 Å². The van der Waals surface area contributed by atoms with Crippen molar-refractivity contribution in [2.45, 2.75) is 6.92 Å². The quantitative estimate of drug-likeness (QED) is 0.476. The Kier molecular flexibility index (Phi) is 3.92. The molecule has 0 aliphatic carbocycles. The van der Waals surface area contributed by atoms with Crippen LogP contribution in [-0.4, -0.2) is 11.1 Å². The Balaban J connectivity index is 2.35.